The molecule has 0 fully saturated rings. The second-order valence-corrected chi connectivity index (χ2v) is 3.79. The standard InChI is InChI=1S/C10H14N6O2/c1-3-15(2)9(17)5-11-7-4-8-13-14-10(18)16(8)6-12-7/h4,6,11H,3,5H2,1-2H3,(H,14,18). The number of H-pyrrole nitrogens is 1. The lowest BCUT2D eigenvalue weighted by molar-refractivity contribution is -0.127. The Labute approximate surface area is 103 Å². The summed E-state index contributed by atoms with van der Waals surface area (Å²) in [5.41, 5.74) is 0.111. The van der Waals surface area contributed by atoms with Gasteiger partial charge in [-0.2, -0.15) is 5.10 Å². The van der Waals surface area contributed by atoms with Crippen molar-refractivity contribution in [3.8, 4) is 0 Å². The van der Waals surface area contributed by atoms with E-state index in [9.17, 15) is 9.59 Å². The summed E-state index contributed by atoms with van der Waals surface area (Å²) in [6, 6.07) is 1.59. The molecule has 0 saturated heterocycles. The predicted molar refractivity (Wildman–Crippen MR) is 65.4 cm³/mol. The number of fused-ring (bicyclic) bond motifs is 1. The summed E-state index contributed by atoms with van der Waals surface area (Å²) in [6.45, 7) is 2.71. The molecule has 0 spiro atoms. The minimum Gasteiger partial charge on any atom is -0.361 e. The van der Waals surface area contributed by atoms with Crippen LogP contribution < -0.4 is 11.0 Å². The van der Waals surface area contributed by atoms with E-state index in [1.54, 1.807) is 18.0 Å². The number of hydrogen-bond donors (Lipinski definition) is 2. The highest BCUT2D eigenvalue weighted by Crippen LogP contribution is 2.03. The SMILES string of the molecule is CCN(C)C(=O)CNc1cc2n[nH]c(=O)n2cn1. The van der Waals surface area contributed by atoms with E-state index >= 15 is 0 Å². The fourth-order valence-electron chi connectivity index (χ4n) is 1.38. The summed E-state index contributed by atoms with van der Waals surface area (Å²) in [7, 11) is 1.73. The van der Waals surface area contributed by atoms with Gasteiger partial charge in [-0.15, -0.1) is 0 Å². The van der Waals surface area contributed by atoms with Crippen molar-refractivity contribution >= 4 is 17.4 Å². The Morgan fingerprint density at radius 1 is 1.61 bits per heavy atom. The monoisotopic (exact) mass is 250 g/mol. The molecule has 2 rings (SSSR count). The molecule has 0 aliphatic rings. The van der Waals surface area contributed by atoms with E-state index in [0.717, 1.165) is 0 Å². The minimum absolute atomic E-state index is 0.0291. The van der Waals surface area contributed by atoms with E-state index < -0.39 is 0 Å². The van der Waals surface area contributed by atoms with Gasteiger partial charge in [-0.05, 0) is 6.92 Å². The maximum absolute atomic E-state index is 11.6. The van der Waals surface area contributed by atoms with Gasteiger partial charge < -0.3 is 10.2 Å². The second kappa shape index (κ2) is 4.86. The molecule has 0 unspecified atom stereocenters. The lowest BCUT2D eigenvalue weighted by atomic mass is 10.4. The van der Waals surface area contributed by atoms with Gasteiger partial charge in [0, 0.05) is 19.7 Å². The van der Waals surface area contributed by atoms with Crippen LogP contribution in [-0.2, 0) is 4.79 Å². The molecule has 8 nitrogen and oxygen atoms in total. The van der Waals surface area contributed by atoms with Gasteiger partial charge in [0.05, 0.1) is 6.54 Å². The number of carbonyl (C=O) groups is 1. The van der Waals surface area contributed by atoms with Crippen LogP contribution in [0, 0.1) is 0 Å². The number of aromatic amines is 1. The molecule has 2 aromatic heterocycles. The van der Waals surface area contributed by atoms with Crippen molar-refractivity contribution in [2.24, 2.45) is 0 Å². The zero-order chi connectivity index (χ0) is 13.1. The molecule has 2 aromatic rings. The van der Waals surface area contributed by atoms with Crippen LogP contribution in [0.15, 0.2) is 17.2 Å². The van der Waals surface area contributed by atoms with E-state index in [1.807, 2.05) is 6.92 Å². The number of rotatable bonds is 4. The Kier molecular flexibility index (Phi) is 3.26. The molecule has 2 heterocycles. The first-order chi connectivity index (χ1) is 8.61. The molecule has 0 radical (unpaired) electrons. The molecule has 1 amide bonds. The zero-order valence-corrected chi connectivity index (χ0v) is 10.2. The Morgan fingerprint density at radius 3 is 3.11 bits per heavy atom. The maximum atomic E-state index is 11.6. The highest BCUT2D eigenvalue weighted by Gasteiger charge is 2.07. The summed E-state index contributed by atoms with van der Waals surface area (Å²) in [5, 5.41) is 9.01. The quantitative estimate of drug-likeness (QED) is 0.748. The van der Waals surface area contributed by atoms with Crippen molar-refractivity contribution in [1.29, 1.82) is 0 Å². The number of nitrogens with one attached hydrogen (secondary N) is 2. The normalized spacial score (nSPS) is 10.6. The molecule has 8 heteroatoms. The van der Waals surface area contributed by atoms with Crippen LogP contribution in [0.3, 0.4) is 0 Å². The smallest absolute Gasteiger partial charge is 0.348 e. The first kappa shape index (κ1) is 12.1. The van der Waals surface area contributed by atoms with Crippen LogP contribution in [0.4, 0.5) is 5.82 Å². The number of amides is 1. The number of aromatic nitrogens is 4. The average Bonchev–Trinajstić information content (AvgIpc) is 2.76. The fourth-order valence-corrected chi connectivity index (χ4v) is 1.38. The van der Waals surface area contributed by atoms with Crippen LogP contribution in [0.2, 0.25) is 0 Å². The van der Waals surface area contributed by atoms with E-state index in [0.29, 0.717) is 18.0 Å². The zero-order valence-electron chi connectivity index (χ0n) is 10.2. The Hall–Kier alpha value is -2.38. The molecular formula is C10H14N6O2. The van der Waals surface area contributed by atoms with Gasteiger partial charge in [-0.1, -0.05) is 0 Å². The molecule has 0 atom stereocenters. The number of likely N-dealkylation sites (N-methyl/N-ethyl adjacent to an activating group) is 1. The van der Waals surface area contributed by atoms with Crippen molar-refractivity contribution in [3.63, 3.8) is 0 Å². The van der Waals surface area contributed by atoms with Gasteiger partial charge in [0.15, 0.2) is 5.65 Å². The molecule has 96 valence electrons. The second-order valence-electron chi connectivity index (χ2n) is 3.79. The summed E-state index contributed by atoms with van der Waals surface area (Å²) in [6.07, 6.45) is 1.36. The predicted octanol–water partition coefficient (Wildman–Crippen LogP) is -0.692. The topological polar surface area (TPSA) is 95.4 Å². The molecule has 2 N–H and O–H groups in total. The Morgan fingerprint density at radius 2 is 2.39 bits per heavy atom. The molecule has 0 aliphatic heterocycles. The molecule has 0 aliphatic carbocycles. The third kappa shape index (κ3) is 2.31. The van der Waals surface area contributed by atoms with Crippen LogP contribution >= 0.6 is 0 Å². The number of carbonyl (C=O) groups excluding carboxylic acids is 1. The number of nitrogens with zero attached hydrogens (tertiary/aromatic N) is 4. The van der Waals surface area contributed by atoms with E-state index in [2.05, 4.69) is 20.5 Å². The van der Waals surface area contributed by atoms with Gasteiger partial charge in [0.25, 0.3) is 0 Å². The van der Waals surface area contributed by atoms with Gasteiger partial charge >= 0.3 is 5.69 Å². The maximum Gasteiger partial charge on any atom is 0.348 e. The minimum atomic E-state index is -0.342. The van der Waals surface area contributed by atoms with Crippen LogP contribution in [-0.4, -0.2) is 50.5 Å². The third-order valence-electron chi connectivity index (χ3n) is 2.63. The lowest BCUT2D eigenvalue weighted by Gasteiger charge is -2.14. The van der Waals surface area contributed by atoms with E-state index in [4.69, 9.17) is 0 Å². The molecule has 0 aromatic carbocycles. The van der Waals surface area contributed by atoms with Crippen LogP contribution in [0.5, 0.6) is 0 Å². The van der Waals surface area contributed by atoms with Gasteiger partial charge in [0.1, 0.15) is 12.1 Å². The third-order valence-corrected chi connectivity index (χ3v) is 2.63. The van der Waals surface area contributed by atoms with Crippen molar-refractivity contribution in [2.45, 2.75) is 6.92 Å². The summed E-state index contributed by atoms with van der Waals surface area (Å²) in [5.74, 6) is 0.470. The van der Waals surface area contributed by atoms with E-state index in [-0.39, 0.29) is 18.1 Å². The number of hydrogen-bond acceptors (Lipinski definition) is 5. The summed E-state index contributed by atoms with van der Waals surface area (Å²) in [4.78, 5) is 28.4. The highest BCUT2D eigenvalue weighted by molar-refractivity contribution is 5.80. The fraction of sp³-hybridized carbons (Fsp3) is 0.400. The molecule has 0 saturated carbocycles. The van der Waals surface area contributed by atoms with Crippen molar-refractivity contribution in [2.75, 3.05) is 25.5 Å². The Balaban J connectivity index is 2.08. The van der Waals surface area contributed by atoms with Gasteiger partial charge in [-0.3, -0.25) is 4.79 Å². The first-order valence-electron chi connectivity index (χ1n) is 5.52. The summed E-state index contributed by atoms with van der Waals surface area (Å²) >= 11 is 0. The van der Waals surface area contributed by atoms with Crippen molar-refractivity contribution < 1.29 is 4.79 Å². The largest absolute Gasteiger partial charge is 0.361 e. The number of anilines is 1. The molecule has 18 heavy (non-hydrogen) atoms. The molecular weight excluding hydrogens is 236 g/mol. The highest BCUT2D eigenvalue weighted by atomic mass is 16.2. The van der Waals surface area contributed by atoms with Crippen molar-refractivity contribution in [3.05, 3.63) is 22.9 Å². The van der Waals surface area contributed by atoms with Crippen molar-refractivity contribution in [1.82, 2.24) is 24.5 Å². The van der Waals surface area contributed by atoms with Crippen LogP contribution in [0.1, 0.15) is 6.92 Å². The van der Waals surface area contributed by atoms with E-state index in [1.165, 1.54) is 10.7 Å². The molecule has 0 bridgehead atoms. The van der Waals surface area contributed by atoms with Gasteiger partial charge in [0.2, 0.25) is 5.91 Å². The summed E-state index contributed by atoms with van der Waals surface area (Å²) < 4.78 is 1.28. The first-order valence-corrected chi connectivity index (χ1v) is 5.52. The van der Waals surface area contributed by atoms with Crippen LogP contribution in [0.25, 0.3) is 5.65 Å². The van der Waals surface area contributed by atoms with Gasteiger partial charge in [-0.25, -0.2) is 19.3 Å². The average molecular weight is 250 g/mol. The Bertz CT molecular complexity index is 616. The lowest BCUT2D eigenvalue weighted by Crippen LogP contribution is -2.32.